The van der Waals surface area contributed by atoms with Gasteiger partial charge in [-0.25, -0.2) is 4.39 Å². The van der Waals surface area contributed by atoms with Crippen molar-refractivity contribution in [2.24, 2.45) is 17.1 Å². The van der Waals surface area contributed by atoms with Crippen molar-refractivity contribution in [3.8, 4) is 0 Å². The first-order valence-electron chi connectivity index (χ1n) is 8.17. The molecule has 120 valence electrons. The minimum Gasteiger partial charge on any atom is -0.338 e. The van der Waals surface area contributed by atoms with Crippen LogP contribution in [0.2, 0.25) is 0 Å². The molecule has 5 heteroatoms. The zero-order valence-corrected chi connectivity index (χ0v) is 13.0. The average Bonchev–Trinajstić information content (AvgIpc) is 3.11. The van der Waals surface area contributed by atoms with Crippen molar-refractivity contribution < 1.29 is 9.18 Å². The van der Waals surface area contributed by atoms with Crippen LogP contribution in [0, 0.1) is 17.2 Å². The van der Waals surface area contributed by atoms with Gasteiger partial charge in [-0.15, -0.1) is 0 Å². The van der Waals surface area contributed by atoms with Gasteiger partial charge in [-0.1, -0.05) is 12.5 Å². The topological polar surface area (TPSA) is 59.2 Å². The highest BCUT2D eigenvalue weighted by molar-refractivity contribution is 5.98. The molecule has 0 bridgehead atoms. The third-order valence-corrected chi connectivity index (χ3v) is 5.64. The minimum absolute atomic E-state index is 0.0760. The Bertz CT molecular complexity index is 778. The Labute approximate surface area is 134 Å². The molecule has 1 saturated carbocycles. The Kier molecular flexibility index (Phi) is 3.34. The molecule has 4 rings (SSSR count). The van der Waals surface area contributed by atoms with Gasteiger partial charge >= 0.3 is 0 Å². The standard InChI is InChI=1S/C18H20FN3O/c19-15-8-13(7-12-3-2-6-21-16(12)15)17(23)22-9-14-4-1-5-18(14,10-20)11-22/h2-3,6-8,14H,1,4-5,9-11,20H2/t14-,18-/m0/s1. The van der Waals surface area contributed by atoms with Crippen molar-refractivity contribution in [2.75, 3.05) is 19.6 Å². The quantitative estimate of drug-likeness (QED) is 0.927. The SMILES string of the molecule is NC[C@]12CCC[C@H]1CN(C(=O)c1cc(F)c3ncccc3c1)C2. The molecule has 0 radical (unpaired) electrons. The predicted octanol–water partition coefficient (Wildman–Crippen LogP) is 2.57. The van der Waals surface area contributed by atoms with E-state index < -0.39 is 5.82 Å². The molecule has 1 aliphatic carbocycles. The molecule has 2 N–H and O–H groups in total. The van der Waals surface area contributed by atoms with Crippen LogP contribution in [0.1, 0.15) is 29.6 Å². The number of carbonyl (C=O) groups excluding carboxylic acids is 1. The Morgan fingerprint density at radius 2 is 2.35 bits per heavy atom. The van der Waals surface area contributed by atoms with Crippen LogP contribution >= 0.6 is 0 Å². The molecule has 23 heavy (non-hydrogen) atoms. The molecule has 1 amide bonds. The first kappa shape index (κ1) is 14.6. The van der Waals surface area contributed by atoms with E-state index in [0.29, 0.717) is 35.5 Å². The highest BCUT2D eigenvalue weighted by Gasteiger charge is 2.49. The Balaban J connectivity index is 1.65. The lowest BCUT2D eigenvalue weighted by molar-refractivity contribution is 0.0770. The van der Waals surface area contributed by atoms with Crippen molar-refractivity contribution in [3.63, 3.8) is 0 Å². The number of benzene rings is 1. The maximum absolute atomic E-state index is 14.2. The lowest BCUT2D eigenvalue weighted by Crippen LogP contribution is -2.36. The zero-order valence-electron chi connectivity index (χ0n) is 13.0. The fraction of sp³-hybridized carbons (Fsp3) is 0.444. The van der Waals surface area contributed by atoms with Gasteiger partial charge in [0.1, 0.15) is 11.3 Å². The van der Waals surface area contributed by atoms with E-state index in [1.807, 2.05) is 4.90 Å². The summed E-state index contributed by atoms with van der Waals surface area (Å²) in [5, 5.41) is 0.656. The van der Waals surface area contributed by atoms with E-state index in [9.17, 15) is 9.18 Å². The van der Waals surface area contributed by atoms with Gasteiger partial charge < -0.3 is 10.6 Å². The van der Waals surface area contributed by atoms with Crippen LogP contribution in [0.25, 0.3) is 10.9 Å². The third-order valence-electron chi connectivity index (χ3n) is 5.64. The van der Waals surface area contributed by atoms with Crippen molar-refractivity contribution in [1.82, 2.24) is 9.88 Å². The molecule has 2 aromatic rings. The first-order chi connectivity index (χ1) is 11.1. The summed E-state index contributed by atoms with van der Waals surface area (Å²) in [4.78, 5) is 18.7. The number of aromatic nitrogens is 1. The summed E-state index contributed by atoms with van der Waals surface area (Å²) in [6.45, 7) is 2.06. The van der Waals surface area contributed by atoms with E-state index in [-0.39, 0.29) is 11.3 Å². The first-order valence-corrected chi connectivity index (χ1v) is 8.17. The summed E-state index contributed by atoms with van der Waals surface area (Å²) >= 11 is 0. The number of hydrogen-bond donors (Lipinski definition) is 1. The van der Waals surface area contributed by atoms with Crippen LogP contribution in [0.5, 0.6) is 0 Å². The van der Waals surface area contributed by atoms with Gasteiger partial charge in [-0.05, 0) is 43.5 Å². The number of likely N-dealkylation sites (tertiary alicyclic amines) is 1. The van der Waals surface area contributed by atoms with E-state index in [0.717, 1.165) is 19.4 Å². The Morgan fingerprint density at radius 3 is 3.13 bits per heavy atom. The number of fused-ring (bicyclic) bond motifs is 2. The number of amides is 1. The molecule has 0 spiro atoms. The molecule has 4 nitrogen and oxygen atoms in total. The number of nitrogens with two attached hydrogens (primary N) is 1. The molecule has 2 fully saturated rings. The molecule has 0 unspecified atom stereocenters. The van der Waals surface area contributed by atoms with Gasteiger partial charge in [-0.2, -0.15) is 0 Å². The maximum atomic E-state index is 14.2. The van der Waals surface area contributed by atoms with E-state index >= 15 is 0 Å². The second-order valence-corrected chi connectivity index (χ2v) is 6.87. The molecule has 1 aromatic carbocycles. The summed E-state index contributed by atoms with van der Waals surface area (Å²) < 4.78 is 14.2. The van der Waals surface area contributed by atoms with Crippen molar-refractivity contribution >= 4 is 16.8 Å². The molecular weight excluding hydrogens is 293 g/mol. The van der Waals surface area contributed by atoms with Crippen LogP contribution in [-0.2, 0) is 0 Å². The fourth-order valence-electron chi connectivity index (χ4n) is 4.36. The van der Waals surface area contributed by atoms with Crippen molar-refractivity contribution in [2.45, 2.75) is 19.3 Å². The van der Waals surface area contributed by atoms with Crippen molar-refractivity contribution in [1.29, 1.82) is 0 Å². The number of hydrogen-bond acceptors (Lipinski definition) is 3. The number of rotatable bonds is 2. The van der Waals surface area contributed by atoms with Gasteiger partial charge in [0.2, 0.25) is 0 Å². The maximum Gasteiger partial charge on any atom is 0.254 e. The highest BCUT2D eigenvalue weighted by Crippen LogP contribution is 2.48. The smallest absolute Gasteiger partial charge is 0.254 e. The van der Waals surface area contributed by atoms with Crippen LogP contribution < -0.4 is 5.73 Å². The van der Waals surface area contributed by atoms with Crippen molar-refractivity contribution in [3.05, 3.63) is 41.8 Å². The molecule has 1 aromatic heterocycles. The van der Waals surface area contributed by atoms with Gasteiger partial charge in [0.15, 0.2) is 0 Å². The zero-order chi connectivity index (χ0) is 16.0. The molecular formula is C18H20FN3O. The third kappa shape index (κ3) is 2.22. The molecule has 1 saturated heterocycles. The monoisotopic (exact) mass is 313 g/mol. The van der Waals surface area contributed by atoms with Crippen LogP contribution in [0.15, 0.2) is 30.5 Å². The van der Waals surface area contributed by atoms with E-state index in [1.54, 1.807) is 24.4 Å². The largest absolute Gasteiger partial charge is 0.338 e. The Morgan fingerprint density at radius 1 is 1.48 bits per heavy atom. The Hall–Kier alpha value is -2.01. The lowest BCUT2D eigenvalue weighted by atomic mass is 9.81. The number of nitrogens with zero attached hydrogens (tertiary/aromatic N) is 2. The lowest BCUT2D eigenvalue weighted by Gasteiger charge is -2.26. The van der Waals surface area contributed by atoms with E-state index in [1.165, 1.54) is 12.5 Å². The van der Waals surface area contributed by atoms with Gasteiger partial charge in [0, 0.05) is 35.7 Å². The molecule has 1 aliphatic heterocycles. The predicted molar refractivity (Wildman–Crippen MR) is 86.4 cm³/mol. The summed E-state index contributed by atoms with van der Waals surface area (Å²) in [6.07, 6.45) is 4.98. The second kappa shape index (κ2) is 5.27. The second-order valence-electron chi connectivity index (χ2n) is 6.87. The fourth-order valence-corrected chi connectivity index (χ4v) is 4.36. The number of carbonyl (C=O) groups is 1. The highest BCUT2D eigenvalue weighted by atomic mass is 19.1. The summed E-state index contributed by atoms with van der Waals surface area (Å²) in [5.74, 6) is -0.0559. The average molecular weight is 313 g/mol. The number of halogens is 1. The molecule has 2 atom stereocenters. The summed E-state index contributed by atoms with van der Waals surface area (Å²) in [7, 11) is 0. The van der Waals surface area contributed by atoms with Crippen LogP contribution in [0.4, 0.5) is 4.39 Å². The summed E-state index contributed by atoms with van der Waals surface area (Å²) in [6, 6.07) is 6.57. The van der Waals surface area contributed by atoms with Crippen LogP contribution in [-0.4, -0.2) is 35.4 Å². The van der Waals surface area contributed by atoms with E-state index in [4.69, 9.17) is 5.73 Å². The van der Waals surface area contributed by atoms with Gasteiger partial charge in [0.05, 0.1) is 0 Å². The van der Waals surface area contributed by atoms with Gasteiger partial charge in [0.25, 0.3) is 5.91 Å². The minimum atomic E-state index is -0.445. The van der Waals surface area contributed by atoms with Crippen LogP contribution in [0.3, 0.4) is 0 Å². The van der Waals surface area contributed by atoms with E-state index in [2.05, 4.69) is 4.98 Å². The number of pyridine rings is 1. The van der Waals surface area contributed by atoms with Gasteiger partial charge in [-0.3, -0.25) is 9.78 Å². The molecule has 2 heterocycles. The normalized spacial score (nSPS) is 26.7. The molecule has 2 aliphatic rings. The summed E-state index contributed by atoms with van der Waals surface area (Å²) in [5.41, 5.74) is 6.78.